The molecule has 1 aromatic rings. The lowest BCUT2D eigenvalue weighted by molar-refractivity contribution is -0.128. The number of rotatable bonds is 4. The highest BCUT2D eigenvalue weighted by atomic mass is 35.5. The molecule has 0 radical (unpaired) electrons. The van der Waals surface area contributed by atoms with E-state index < -0.39 is 6.10 Å². The highest BCUT2D eigenvalue weighted by Gasteiger charge is 2.17. The fraction of sp³-hybridized carbons (Fsp3) is 0.333. The second-order valence-electron chi connectivity index (χ2n) is 2.86. The quantitative estimate of drug-likeness (QED) is 0.457. The number of hydrogen-bond donors (Lipinski definition) is 2. The van der Waals surface area contributed by atoms with Crippen molar-refractivity contribution in [3.63, 3.8) is 0 Å². The Kier molecular flexibility index (Phi) is 4.33. The lowest BCUT2D eigenvalue weighted by Gasteiger charge is -2.15. The molecule has 6 heteroatoms. The summed E-state index contributed by atoms with van der Waals surface area (Å²) < 4.78 is 5.36. The molecule has 1 amide bonds. The molecule has 0 saturated carbocycles. The van der Waals surface area contributed by atoms with E-state index in [0.29, 0.717) is 17.2 Å². The molecule has 1 heterocycles. The minimum absolute atomic E-state index is 0.377. The van der Waals surface area contributed by atoms with Gasteiger partial charge in [-0.3, -0.25) is 15.2 Å². The van der Waals surface area contributed by atoms with Crippen LogP contribution in [0.1, 0.15) is 13.3 Å². The number of pyridine rings is 1. The molecule has 0 saturated heterocycles. The van der Waals surface area contributed by atoms with Crippen LogP contribution in [-0.2, 0) is 4.79 Å². The molecule has 1 rings (SSSR count). The lowest BCUT2D eigenvalue weighted by atomic mass is 10.2. The van der Waals surface area contributed by atoms with E-state index in [1.807, 2.05) is 12.3 Å². The molecule has 1 unspecified atom stereocenters. The summed E-state index contributed by atoms with van der Waals surface area (Å²) >= 11 is 5.72. The molecule has 0 aliphatic heterocycles. The van der Waals surface area contributed by atoms with Gasteiger partial charge in [0.05, 0.1) is 11.2 Å². The molecule has 5 nitrogen and oxygen atoms in total. The molecule has 0 bridgehead atoms. The van der Waals surface area contributed by atoms with Gasteiger partial charge in [0.2, 0.25) is 0 Å². The smallest absolute Gasteiger partial charge is 0.274 e. The summed E-state index contributed by atoms with van der Waals surface area (Å²) in [6.45, 7) is 1.82. The maximum absolute atomic E-state index is 11.2. The number of nitrogens with zero attached hydrogens (tertiary/aromatic N) is 1. The third kappa shape index (κ3) is 3.38. The van der Waals surface area contributed by atoms with Gasteiger partial charge in [-0.1, -0.05) is 18.5 Å². The maximum Gasteiger partial charge on any atom is 0.274 e. The number of carbonyl (C=O) groups excluding carboxylic acids is 1. The highest BCUT2D eigenvalue weighted by Crippen LogP contribution is 2.17. The van der Waals surface area contributed by atoms with Crippen LogP contribution in [0, 0.1) is 0 Å². The summed E-state index contributed by atoms with van der Waals surface area (Å²) in [5.41, 5.74) is 2.03. The van der Waals surface area contributed by atoms with E-state index in [9.17, 15) is 4.79 Å². The minimum Gasteiger partial charge on any atom is -0.479 e. The van der Waals surface area contributed by atoms with Crippen molar-refractivity contribution in [1.29, 1.82) is 0 Å². The van der Waals surface area contributed by atoms with Crippen molar-refractivity contribution < 1.29 is 9.53 Å². The van der Waals surface area contributed by atoms with E-state index in [1.165, 1.54) is 12.4 Å². The van der Waals surface area contributed by atoms with Crippen molar-refractivity contribution in [2.75, 3.05) is 0 Å². The van der Waals surface area contributed by atoms with Gasteiger partial charge in [0.25, 0.3) is 5.91 Å². The normalized spacial score (nSPS) is 11.9. The predicted octanol–water partition coefficient (Wildman–Crippen LogP) is 0.882. The van der Waals surface area contributed by atoms with E-state index in [0.717, 1.165) is 0 Å². The Morgan fingerprint density at radius 3 is 3.00 bits per heavy atom. The Hall–Kier alpha value is -1.33. The number of nitrogens with one attached hydrogen (secondary N) is 1. The van der Waals surface area contributed by atoms with Crippen LogP contribution in [0.2, 0.25) is 5.02 Å². The lowest BCUT2D eigenvalue weighted by Crippen LogP contribution is -2.41. The summed E-state index contributed by atoms with van der Waals surface area (Å²) in [5.74, 6) is 5.08. The summed E-state index contributed by atoms with van der Waals surface area (Å²) in [6.07, 6.45) is 2.85. The molecule has 0 spiro atoms. The first kappa shape index (κ1) is 11.7. The summed E-state index contributed by atoms with van der Waals surface area (Å²) in [4.78, 5) is 15.1. The third-order valence-electron chi connectivity index (χ3n) is 1.76. The number of carbonyl (C=O) groups is 1. The molecule has 82 valence electrons. The van der Waals surface area contributed by atoms with Crippen LogP contribution >= 0.6 is 11.6 Å². The second-order valence-corrected chi connectivity index (χ2v) is 3.30. The fourth-order valence-electron chi connectivity index (χ4n) is 1.04. The number of amides is 1. The van der Waals surface area contributed by atoms with Gasteiger partial charge in [0, 0.05) is 12.3 Å². The number of aromatic nitrogens is 1. The van der Waals surface area contributed by atoms with Crippen molar-refractivity contribution in [1.82, 2.24) is 10.4 Å². The number of hydrazine groups is 1. The van der Waals surface area contributed by atoms with E-state index in [-0.39, 0.29) is 5.91 Å². The Balaban J connectivity index is 2.70. The second kappa shape index (κ2) is 5.53. The Morgan fingerprint density at radius 1 is 1.73 bits per heavy atom. The maximum atomic E-state index is 11.2. The predicted molar refractivity (Wildman–Crippen MR) is 56.3 cm³/mol. The van der Waals surface area contributed by atoms with Crippen LogP contribution in [-0.4, -0.2) is 17.0 Å². The Bertz CT molecular complexity index is 346. The van der Waals surface area contributed by atoms with E-state index >= 15 is 0 Å². The summed E-state index contributed by atoms with van der Waals surface area (Å²) in [6, 6.07) is 1.58. The molecule has 1 atom stereocenters. The SMILES string of the molecule is CCC(Oc1cncc(Cl)c1)C(=O)NN. The van der Waals surface area contributed by atoms with Gasteiger partial charge >= 0.3 is 0 Å². The van der Waals surface area contributed by atoms with Crippen LogP contribution in [0.25, 0.3) is 0 Å². The average molecular weight is 230 g/mol. The van der Waals surface area contributed by atoms with Crippen molar-refractivity contribution >= 4 is 17.5 Å². The fourth-order valence-corrected chi connectivity index (χ4v) is 1.20. The number of nitrogens with two attached hydrogens (primary N) is 1. The number of hydrogen-bond acceptors (Lipinski definition) is 4. The summed E-state index contributed by atoms with van der Waals surface area (Å²) in [7, 11) is 0. The standard InChI is InChI=1S/C9H12ClN3O2/c1-2-8(9(14)13-11)15-7-3-6(10)4-12-5-7/h3-5,8H,2,11H2,1H3,(H,13,14). The van der Waals surface area contributed by atoms with Crippen molar-refractivity contribution in [3.05, 3.63) is 23.5 Å². The topological polar surface area (TPSA) is 77.2 Å². The van der Waals surface area contributed by atoms with Gasteiger partial charge in [-0.15, -0.1) is 0 Å². The van der Waals surface area contributed by atoms with Crippen LogP contribution in [0.3, 0.4) is 0 Å². The highest BCUT2D eigenvalue weighted by molar-refractivity contribution is 6.30. The molecular formula is C9H12ClN3O2. The van der Waals surface area contributed by atoms with Gasteiger partial charge < -0.3 is 4.74 Å². The number of ether oxygens (including phenoxy) is 1. The zero-order chi connectivity index (χ0) is 11.3. The molecule has 3 N–H and O–H groups in total. The molecule has 15 heavy (non-hydrogen) atoms. The first-order valence-corrected chi connectivity index (χ1v) is 4.82. The largest absolute Gasteiger partial charge is 0.479 e. The third-order valence-corrected chi connectivity index (χ3v) is 1.97. The van der Waals surface area contributed by atoms with Crippen LogP contribution < -0.4 is 16.0 Å². The van der Waals surface area contributed by atoms with E-state index in [4.69, 9.17) is 22.2 Å². The first-order chi connectivity index (χ1) is 7.17. The van der Waals surface area contributed by atoms with Gasteiger partial charge in [-0.2, -0.15) is 0 Å². The molecular weight excluding hydrogens is 218 g/mol. The van der Waals surface area contributed by atoms with Crippen molar-refractivity contribution in [2.24, 2.45) is 5.84 Å². The Labute approximate surface area is 92.5 Å². The van der Waals surface area contributed by atoms with E-state index in [1.54, 1.807) is 6.07 Å². The zero-order valence-corrected chi connectivity index (χ0v) is 8.99. The first-order valence-electron chi connectivity index (χ1n) is 4.45. The average Bonchev–Trinajstić information content (AvgIpc) is 2.25. The zero-order valence-electron chi connectivity index (χ0n) is 8.24. The van der Waals surface area contributed by atoms with Gasteiger partial charge in [0.15, 0.2) is 6.10 Å². The minimum atomic E-state index is -0.629. The van der Waals surface area contributed by atoms with Crippen molar-refractivity contribution in [3.8, 4) is 5.75 Å². The van der Waals surface area contributed by atoms with Crippen molar-refractivity contribution in [2.45, 2.75) is 19.4 Å². The van der Waals surface area contributed by atoms with Gasteiger partial charge in [-0.05, 0) is 6.42 Å². The van der Waals surface area contributed by atoms with Crippen LogP contribution in [0.15, 0.2) is 18.5 Å². The molecule has 0 aliphatic rings. The summed E-state index contributed by atoms with van der Waals surface area (Å²) in [5, 5.41) is 0.454. The molecule has 0 aliphatic carbocycles. The van der Waals surface area contributed by atoms with Crippen LogP contribution in [0.5, 0.6) is 5.75 Å². The van der Waals surface area contributed by atoms with E-state index in [2.05, 4.69) is 4.98 Å². The van der Waals surface area contributed by atoms with Crippen LogP contribution in [0.4, 0.5) is 0 Å². The number of halogens is 1. The molecule has 1 aromatic heterocycles. The monoisotopic (exact) mass is 229 g/mol. The van der Waals surface area contributed by atoms with Gasteiger partial charge in [-0.25, -0.2) is 5.84 Å². The van der Waals surface area contributed by atoms with Gasteiger partial charge in [0.1, 0.15) is 5.75 Å². The molecule has 0 aromatic carbocycles. The molecule has 0 fully saturated rings. The Morgan fingerprint density at radius 2 is 2.47 bits per heavy atom.